The molecular weight excluding hydrogens is 583 g/mol. The van der Waals surface area contributed by atoms with Crippen molar-refractivity contribution < 1.29 is 0 Å². The molecule has 10 rings (SSSR count). The van der Waals surface area contributed by atoms with Gasteiger partial charge in [-0.2, -0.15) is 0 Å². The van der Waals surface area contributed by atoms with E-state index in [2.05, 4.69) is 170 Å². The molecule has 0 spiro atoms. The van der Waals surface area contributed by atoms with Crippen LogP contribution in [0.15, 0.2) is 152 Å². The molecule has 0 N–H and O–H groups in total. The fourth-order valence-corrected chi connectivity index (χ4v) is 7.97. The first-order chi connectivity index (χ1) is 23.5. The van der Waals surface area contributed by atoms with Gasteiger partial charge in [0.25, 0.3) is 0 Å². The Bertz CT molecular complexity index is 2750. The minimum absolute atomic E-state index is 0.109. The normalized spacial score (nSPS) is 13.4. The van der Waals surface area contributed by atoms with Crippen LogP contribution in [0.1, 0.15) is 25.0 Å². The first kappa shape index (κ1) is 27.1. The van der Waals surface area contributed by atoms with E-state index in [4.69, 9.17) is 9.97 Å². The third-order valence-corrected chi connectivity index (χ3v) is 10.4. The summed E-state index contributed by atoms with van der Waals surface area (Å²) >= 11 is 0. The molecule has 9 aromatic rings. The molecule has 226 valence electrons. The molecule has 0 aliphatic heterocycles. The van der Waals surface area contributed by atoms with E-state index < -0.39 is 0 Å². The second-order valence-electron chi connectivity index (χ2n) is 13.5. The minimum Gasteiger partial charge on any atom is -0.278 e. The Morgan fingerprint density at radius 2 is 1.17 bits per heavy atom. The Balaban J connectivity index is 1.28. The molecule has 1 aliphatic carbocycles. The van der Waals surface area contributed by atoms with Crippen molar-refractivity contribution in [3.63, 3.8) is 0 Å². The molecule has 0 saturated heterocycles. The third kappa shape index (κ3) is 3.88. The minimum atomic E-state index is -0.109. The van der Waals surface area contributed by atoms with Crippen LogP contribution in [0.25, 0.3) is 82.9 Å². The van der Waals surface area contributed by atoms with Gasteiger partial charge < -0.3 is 0 Å². The van der Waals surface area contributed by atoms with Crippen molar-refractivity contribution in [2.45, 2.75) is 19.3 Å². The van der Waals surface area contributed by atoms with E-state index in [-0.39, 0.29) is 5.41 Å². The average Bonchev–Trinajstić information content (AvgIpc) is 3.58. The topological polar surface area (TPSA) is 30.7 Å². The molecule has 0 saturated carbocycles. The first-order valence-corrected chi connectivity index (χ1v) is 16.6. The monoisotopic (exact) mass is 613 g/mol. The van der Waals surface area contributed by atoms with Gasteiger partial charge in [0.15, 0.2) is 0 Å². The van der Waals surface area contributed by atoms with Crippen molar-refractivity contribution >= 4 is 43.5 Å². The predicted octanol–water partition coefficient (Wildman–Crippen LogP) is 11.5. The molecular formula is C45H31N3. The molecule has 0 fully saturated rings. The summed E-state index contributed by atoms with van der Waals surface area (Å²) in [7, 11) is 0. The van der Waals surface area contributed by atoms with Crippen LogP contribution in [0, 0.1) is 0 Å². The number of hydrogen-bond donors (Lipinski definition) is 0. The number of para-hydroxylation sites is 1. The van der Waals surface area contributed by atoms with Gasteiger partial charge in [0.05, 0.1) is 22.2 Å². The summed E-state index contributed by atoms with van der Waals surface area (Å²) < 4.78 is 2.25. The van der Waals surface area contributed by atoms with Gasteiger partial charge in [-0.3, -0.25) is 4.57 Å². The smallest absolute Gasteiger partial charge is 0.235 e. The van der Waals surface area contributed by atoms with Crippen molar-refractivity contribution in [1.29, 1.82) is 0 Å². The number of fused-ring (bicyclic) bond motifs is 8. The predicted molar refractivity (Wildman–Crippen MR) is 200 cm³/mol. The van der Waals surface area contributed by atoms with Gasteiger partial charge in [0.2, 0.25) is 5.95 Å². The summed E-state index contributed by atoms with van der Waals surface area (Å²) in [5, 5.41) is 5.85. The highest BCUT2D eigenvalue weighted by molar-refractivity contribution is 6.13. The van der Waals surface area contributed by atoms with Gasteiger partial charge >= 0.3 is 0 Å². The molecule has 0 bridgehead atoms. The summed E-state index contributed by atoms with van der Waals surface area (Å²) in [4.78, 5) is 10.8. The molecule has 0 atom stereocenters. The van der Waals surface area contributed by atoms with Gasteiger partial charge in [0, 0.05) is 27.1 Å². The SMILES string of the molecule is CC1(C)c2ccccc2-c2ccc(-c3nc(-n4c5ccccc5c5cc6ccccc6cc54)nc4cc(-c5ccccc5)ccc34)cc21. The van der Waals surface area contributed by atoms with E-state index in [0.717, 1.165) is 38.8 Å². The maximum Gasteiger partial charge on any atom is 0.235 e. The zero-order valence-electron chi connectivity index (χ0n) is 26.8. The lowest BCUT2D eigenvalue weighted by Crippen LogP contribution is -2.15. The highest BCUT2D eigenvalue weighted by Gasteiger charge is 2.35. The lowest BCUT2D eigenvalue weighted by atomic mass is 9.82. The third-order valence-electron chi connectivity index (χ3n) is 10.4. The van der Waals surface area contributed by atoms with Crippen molar-refractivity contribution in [3.05, 3.63) is 163 Å². The van der Waals surface area contributed by atoms with E-state index in [0.29, 0.717) is 5.95 Å². The molecule has 2 aromatic heterocycles. The number of aromatic nitrogens is 3. The Hall–Kier alpha value is -6.06. The van der Waals surface area contributed by atoms with E-state index in [1.165, 1.54) is 49.4 Å². The van der Waals surface area contributed by atoms with Crippen molar-refractivity contribution in [1.82, 2.24) is 14.5 Å². The second kappa shape index (κ2) is 9.97. The Labute approximate surface area is 278 Å². The fraction of sp³-hybridized carbons (Fsp3) is 0.0667. The van der Waals surface area contributed by atoms with Crippen LogP contribution in [0.4, 0.5) is 0 Å². The van der Waals surface area contributed by atoms with Crippen LogP contribution in [0.2, 0.25) is 0 Å². The highest BCUT2D eigenvalue weighted by atomic mass is 15.2. The molecule has 1 aliphatic rings. The van der Waals surface area contributed by atoms with Crippen LogP contribution in [0.3, 0.4) is 0 Å². The molecule has 7 aromatic carbocycles. The standard InChI is InChI=1S/C45H31N3/c1-45(2)38-18-10-8-16-33(38)34-22-21-32(25-39(34)45)43-36-23-20-31(28-12-4-3-5-13-28)26-40(36)46-44(47-43)48-41-19-11-9-17-35(41)37-24-29-14-6-7-15-30(29)27-42(37)48/h3-27H,1-2H3. The average molecular weight is 614 g/mol. The Kier molecular flexibility index (Phi) is 5.63. The van der Waals surface area contributed by atoms with Crippen molar-refractivity contribution in [2.24, 2.45) is 0 Å². The van der Waals surface area contributed by atoms with E-state index in [9.17, 15) is 0 Å². The largest absolute Gasteiger partial charge is 0.278 e. The number of hydrogen-bond acceptors (Lipinski definition) is 2. The van der Waals surface area contributed by atoms with Crippen molar-refractivity contribution in [2.75, 3.05) is 0 Å². The molecule has 3 heteroatoms. The molecule has 3 nitrogen and oxygen atoms in total. The highest BCUT2D eigenvalue weighted by Crippen LogP contribution is 2.49. The lowest BCUT2D eigenvalue weighted by molar-refractivity contribution is 0.660. The molecule has 0 radical (unpaired) electrons. The summed E-state index contributed by atoms with van der Waals surface area (Å²) in [5.74, 6) is 0.673. The van der Waals surface area contributed by atoms with E-state index in [1.807, 2.05) is 0 Å². The van der Waals surface area contributed by atoms with Crippen LogP contribution < -0.4 is 0 Å². The molecule has 2 heterocycles. The van der Waals surface area contributed by atoms with Crippen LogP contribution in [0.5, 0.6) is 0 Å². The Morgan fingerprint density at radius 3 is 2.04 bits per heavy atom. The first-order valence-electron chi connectivity index (χ1n) is 16.6. The van der Waals surface area contributed by atoms with Crippen LogP contribution >= 0.6 is 0 Å². The maximum absolute atomic E-state index is 5.47. The van der Waals surface area contributed by atoms with E-state index in [1.54, 1.807) is 0 Å². The Morgan fingerprint density at radius 1 is 0.458 bits per heavy atom. The number of rotatable bonds is 3. The van der Waals surface area contributed by atoms with Gasteiger partial charge in [-0.15, -0.1) is 0 Å². The van der Waals surface area contributed by atoms with Crippen molar-refractivity contribution in [3.8, 4) is 39.5 Å². The van der Waals surface area contributed by atoms with Crippen LogP contribution in [-0.4, -0.2) is 14.5 Å². The summed E-state index contributed by atoms with van der Waals surface area (Å²) in [5.41, 5.74) is 12.7. The number of benzene rings is 7. The molecule has 0 amide bonds. The zero-order chi connectivity index (χ0) is 32.0. The maximum atomic E-state index is 5.47. The van der Waals surface area contributed by atoms with Gasteiger partial charge in [0.1, 0.15) is 0 Å². The van der Waals surface area contributed by atoms with Gasteiger partial charge in [-0.25, -0.2) is 9.97 Å². The van der Waals surface area contributed by atoms with Gasteiger partial charge in [-0.05, 0) is 80.6 Å². The van der Waals surface area contributed by atoms with E-state index >= 15 is 0 Å². The van der Waals surface area contributed by atoms with Crippen LogP contribution in [-0.2, 0) is 5.41 Å². The number of nitrogens with zero attached hydrogens (tertiary/aromatic N) is 3. The molecule has 0 unspecified atom stereocenters. The fourth-order valence-electron chi connectivity index (χ4n) is 7.97. The zero-order valence-corrected chi connectivity index (χ0v) is 26.8. The lowest BCUT2D eigenvalue weighted by Gasteiger charge is -2.22. The quantitative estimate of drug-likeness (QED) is 0.198. The summed E-state index contributed by atoms with van der Waals surface area (Å²) in [6, 6.07) is 54.6. The summed E-state index contributed by atoms with van der Waals surface area (Å²) in [6.07, 6.45) is 0. The van der Waals surface area contributed by atoms with Gasteiger partial charge in [-0.1, -0.05) is 129 Å². The second-order valence-corrected chi connectivity index (χ2v) is 13.5. The summed E-state index contributed by atoms with van der Waals surface area (Å²) in [6.45, 7) is 4.67. The molecule has 48 heavy (non-hydrogen) atoms.